The number of rotatable bonds is 5. The van der Waals surface area contributed by atoms with Gasteiger partial charge in [-0.15, -0.1) is 0 Å². The first kappa shape index (κ1) is 11.7. The van der Waals surface area contributed by atoms with Gasteiger partial charge in [-0.25, -0.2) is 4.79 Å². The van der Waals surface area contributed by atoms with Crippen molar-refractivity contribution in [1.82, 2.24) is 4.90 Å². The molecular weight excluding hydrogens is 174 g/mol. The number of carboxylic acids is 1. The summed E-state index contributed by atoms with van der Waals surface area (Å²) in [4.78, 5) is 22.2. The molecule has 0 aliphatic rings. The van der Waals surface area contributed by atoms with Crippen molar-refractivity contribution in [2.45, 2.75) is 19.8 Å². The molecule has 0 aromatic heterocycles. The summed E-state index contributed by atoms with van der Waals surface area (Å²) in [6.45, 7) is 2.00. The largest absolute Gasteiger partial charge is 0.480 e. The van der Waals surface area contributed by atoms with Crippen LogP contribution in [-0.2, 0) is 9.53 Å². The van der Waals surface area contributed by atoms with Crippen LogP contribution in [0.1, 0.15) is 19.8 Å². The van der Waals surface area contributed by atoms with Gasteiger partial charge in [0.1, 0.15) is 6.54 Å². The Kier molecular flexibility index (Phi) is 5.67. The molecular formula is C8H15NO4. The first-order chi connectivity index (χ1) is 6.07. The fourth-order valence-electron chi connectivity index (χ4n) is 0.681. The van der Waals surface area contributed by atoms with Gasteiger partial charge in [0.2, 0.25) is 0 Å². The molecule has 0 aromatic carbocycles. The van der Waals surface area contributed by atoms with Crippen molar-refractivity contribution in [1.29, 1.82) is 0 Å². The number of ether oxygens (including phenoxy) is 1. The SMILES string of the molecule is CCCCOC(=O)N(C)CC(=O)O. The van der Waals surface area contributed by atoms with Crippen LogP contribution in [0.15, 0.2) is 0 Å². The number of hydrogen-bond acceptors (Lipinski definition) is 3. The molecule has 0 radical (unpaired) electrons. The molecule has 0 unspecified atom stereocenters. The van der Waals surface area contributed by atoms with E-state index in [-0.39, 0.29) is 6.54 Å². The van der Waals surface area contributed by atoms with Crippen LogP contribution >= 0.6 is 0 Å². The van der Waals surface area contributed by atoms with Gasteiger partial charge in [-0.3, -0.25) is 4.79 Å². The molecule has 1 amide bonds. The third-order valence-electron chi connectivity index (χ3n) is 1.41. The number of unbranched alkanes of at least 4 members (excludes halogenated alkanes) is 1. The van der Waals surface area contributed by atoms with E-state index in [1.807, 2.05) is 6.92 Å². The van der Waals surface area contributed by atoms with E-state index in [4.69, 9.17) is 9.84 Å². The summed E-state index contributed by atoms with van der Waals surface area (Å²) in [6.07, 6.45) is 1.15. The number of likely N-dealkylation sites (N-methyl/N-ethyl adjacent to an activating group) is 1. The van der Waals surface area contributed by atoms with E-state index in [0.717, 1.165) is 17.7 Å². The zero-order chi connectivity index (χ0) is 10.3. The second-order valence-corrected chi connectivity index (χ2v) is 2.72. The second kappa shape index (κ2) is 6.28. The van der Waals surface area contributed by atoms with E-state index in [1.165, 1.54) is 7.05 Å². The third kappa shape index (κ3) is 5.95. The number of nitrogens with zero attached hydrogens (tertiary/aromatic N) is 1. The minimum atomic E-state index is -1.05. The number of amides is 1. The topological polar surface area (TPSA) is 66.8 Å². The summed E-state index contributed by atoms with van der Waals surface area (Å²) in [5.74, 6) is -1.05. The van der Waals surface area contributed by atoms with E-state index in [2.05, 4.69) is 0 Å². The summed E-state index contributed by atoms with van der Waals surface area (Å²) in [6, 6.07) is 0. The maximum Gasteiger partial charge on any atom is 0.410 e. The Labute approximate surface area is 77.3 Å². The van der Waals surface area contributed by atoms with Gasteiger partial charge in [-0.1, -0.05) is 13.3 Å². The molecule has 0 aliphatic heterocycles. The van der Waals surface area contributed by atoms with Crippen LogP contribution < -0.4 is 0 Å². The fraction of sp³-hybridized carbons (Fsp3) is 0.750. The summed E-state index contributed by atoms with van der Waals surface area (Å²) in [5, 5.41) is 8.35. The molecule has 0 fully saturated rings. The van der Waals surface area contributed by atoms with E-state index in [1.54, 1.807) is 0 Å². The van der Waals surface area contributed by atoms with Gasteiger partial charge in [0.05, 0.1) is 6.61 Å². The average molecular weight is 189 g/mol. The van der Waals surface area contributed by atoms with Gasteiger partial charge < -0.3 is 14.7 Å². The van der Waals surface area contributed by atoms with Gasteiger partial charge in [0.25, 0.3) is 0 Å². The molecule has 0 aromatic rings. The molecule has 0 rings (SSSR count). The molecule has 5 nitrogen and oxygen atoms in total. The maximum absolute atomic E-state index is 11.0. The first-order valence-corrected chi connectivity index (χ1v) is 4.17. The van der Waals surface area contributed by atoms with Crippen molar-refractivity contribution in [3.63, 3.8) is 0 Å². The normalized spacial score (nSPS) is 9.38. The monoisotopic (exact) mass is 189 g/mol. The standard InChI is InChI=1S/C8H15NO4/c1-3-4-5-13-8(12)9(2)6-7(10)11/h3-6H2,1-2H3,(H,10,11). The van der Waals surface area contributed by atoms with Crippen LogP contribution in [0, 0.1) is 0 Å². The summed E-state index contributed by atoms with van der Waals surface area (Å²) >= 11 is 0. The molecule has 0 saturated carbocycles. The lowest BCUT2D eigenvalue weighted by molar-refractivity contribution is -0.137. The number of aliphatic carboxylic acids is 1. The lowest BCUT2D eigenvalue weighted by atomic mass is 10.4. The number of carboxylic acid groups (broad SMARTS) is 1. The van der Waals surface area contributed by atoms with E-state index in [9.17, 15) is 9.59 Å². The van der Waals surface area contributed by atoms with Crippen molar-refractivity contribution in [2.75, 3.05) is 20.2 Å². The number of carbonyl (C=O) groups excluding carboxylic acids is 1. The first-order valence-electron chi connectivity index (χ1n) is 4.17. The van der Waals surface area contributed by atoms with Gasteiger partial charge in [0, 0.05) is 7.05 Å². The minimum absolute atomic E-state index is 0.328. The van der Waals surface area contributed by atoms with Crippen LogP contribution in [0.4, 0.5) is 4.79 Å². The van der Waals surface area contributed by atoms with Crippen LogP contribution in [0.25, 0.3) is 0 Å². The number of hydrogen-bond donors (Lipinski definition) is 1. The zero-order valence-corrected chi connectivity index (χ0v) is 7.95. The van der Waals surface area contributed by atoms with Crippen LogP contribution in [0.3, 0.4) is 0 Å². The van der Waals surface area contributed by atoms with E-state index >= 15 is 0 Å². The van der Waals surface area contributed by atoms with Crippen LogP contribution in [0.5, 0.6) is 0 Å². The Balaban J connectivity index is 3.63. The Morgan fingerprint density at radius 1 is 1.46 bits per heavy atom. The van der Waals surface area contributed by atoms with Crippen molar-refractivity contribution >= 4 is 12.1 Å². The Morgan fingerprint density at radius 3 is 2.54 bits per heavy atom. The highest BCUT2D eigenvalue weighted by Crippen LogP contribution is 1.93. The third-order valence-corrected chi connectivity index (χ3v) is 1.41. The second-order valence-electron chi connectivity index (χ2n) is 2.72. The Hall–Kier alpha value is -1.26. The lowest BCUT2D eigenvalue weighted by Gasteiger charge is -2.13. The van der Waals surface area contributed by atoms with Crippen molar-refractivity contribution < 1.29 is 19.4 Å². The number of carbonyl (C=O) groups is 2. The summed E-state index contributed by atoms with van der Waals surface area (Å²) < 4.78 is 4.77. The molecule has 76 valence electrons. The molecule has 0 heterocycles. The van der Waals surface area contributed by atoms with Gasteiger partial charge in [-0.2, -0.15) is 0 Å². The Bertz CT molecular complexity index is 181. The van der Waals surface area contributed by atoms with Crippen LogP contribution in [0.2, 0.25) is 0 Å². The molecule has 0 atom stereocenters. The zero-order valence-electron chi connectivity index (χ0n) is 7.95. The lowest BCUT2D eigenvalue weighted by Crippen LogP contribution is -2.32. The Morgan fingerprint density at radius 2 is 2.08 bits per heavy atom. The van der Waals surface area contributed by atoms with Gasteiger partial charge in [0.15, 0.2) is 0 Å². The highest BCUT2D eigenvalue weighted by atomic mass is 16.6. The van der Waals surface area contributed by atoms with Gasteiger partial charge in [-0.05, 0) is 6.42 Å². The molecule has 0 spiro atoms. The summed E-state index contributed by atoms with van der Waals surface area (Å²) in [7, 11) is 1.39. The van der Waals surface area contributed by atoms with E-state index < -0.39 is 12.1 Å². The van der Waals surface area contributed by atoms with Crippen LogP contribution in [-0.4, -0.2) is 42.3 Å². The maximum atomic E-state index is 11.0. The summed E-state index contributed by atoms with van der Waals surface area (Å²) in [5.41, 5.74) is 0. The molecule has 5 heteroatoms. The molecule has 0 saturated heterocycles. The molecule has 0 bridgehead atoms. The highest BCUT2D eigenvalue weighted by Gasteiger charge is 2.12. The van der Waals surface area contributed by atoms with Crippen molar-refractivity contribution in [3.8, 4) is 0 Å². The van der Waals surface area contributed by atoms with Gasteiger partial charge >= 0.3 is 12.1 Å². The van der Waals surface area contributed by atoms with Crippen molar-refractivity contribution in [3.05, 3.63) is 0 Å². The predicted molar refractivity (Wildman–Crippen MR) is 46.5 cm³/mol. The molecule has 13 heavy (non-hydrogen) atoms. The average Bonchev–Trinajstić information content (AvgIpc) is 2.03. The molecule has 1 N–H and O–H groups in total. The predicted octanol–water partition coefficient (Wildman–Crippen LogP) is 0.940. The molecule has 0 aliphatic carbocycles. The smallest absolute Gasteiger partial charge is 0.410 e. The quantitative estimate of drug-likeness (QED) is 0.653. The minimum Gasteiger partial charge on any atom is -0.480 e. The van der Waals surface area contributed by atoms with E-state index in [0.29, 0.717) is 6.61 Å². The fourth-order valence-corrected chi connectivity index (χ4v) is 0.681. The highest BCUT2D eigenvalue weighted by molar-refractivity contribution is 5.76. The van der Waals surface area contributed by atoms with Crippen molar-refractivity contribution in [2.24, 2.45) is 0 Å².